The van der Waals surface area contributed by atoms with E-state index in [2.05, 4.69) is 21.3 Å². The third-order valence-electron chi connectivity index (χ3n) is 15.7. The Bertz CT molecular complexity index is 3200. The van der Waals surface area contributed by atoms with Crippen LogP contribution >= 0.6 is 0 Å². The summed E-state index contributed by atoms with van der Waals surface area (Å²) >= 11 is 0. The lowest BCUT2D eigenvalue weighted by molar-refractivity contribution is -0.144. The molecule has 4 aromatic rings. The number of hydrogen-bond acceptors (Lipinski definition) is 12. The van der Waals surface area contributed by atoms with Crippen molar-refractivity contribution >= 4 is 64.7 Å². The van der Waals surface area contributed by atoms with E-state index in [9.17, 15) is 38.0 Å². The zero-order chi connectivity index (χ0) is 61.9. The third-order valence-corrected chi connectivity index (χ3v) is 15.7. The van der Waals surface area contributed by atoms with Gasteiger partial charge in [-0.25, -0.2) is 22.8 Å². The van der Waals surface area contributed by atoms with Crippen LogP contribution in [0.15, 0.2) is 78.9 Å². The molecule has 0 bridgehead atoms. The number of carbonyl (C=O) groups excluding carboxylic acids is 8. The molecule has 85 heavy (non-hydrogen) atoms. The highest BCUT2D eigenvalue weighted by Crippen LogP contribution is 2.43. The number of fused-ring (bicyclic) bond motifs is 2. The van der Waals surface area contributed by atoms with Gasteiger partial charge in [0.25, 0.3) is 5.91 Å². The van der Waals surface area contributed by atoms with E-state index < -0.39 is 106 Å². The molecule has 0 radical (unpaired) electrons. The number of nitrogens with zero attached hydrogens (tertiary/aromatic N) is 5. The number of likely N-dealkylation sites (N-methyl/N-ethyl adjacent to an activating group) is 1. The van der Waals surface area contributed by atoms with Crippen molar-refractivity contribution in [3.8, 4) is 0 Å². The maximum absolute atomic E-state index is 15.1. The summed E-state index contributed by atoms with van der Waals surface area (Å²) < 4.78 is 60.7. The molecule has 8 amide bonds. The Kier molecular flexibility index (Phi) is 19.0. The van der Waals surface area contributed by atoms with Gasteiger partial charge in [-0.1, -0.05) is 36.4 Å². The van der Waals surface area contributed by atoms with Gasteiger partial charge in [0.15, 0.2) is 0 Å². The zero-order valence-corrected chi connectivity index (χ0v) is 49.7. The average molecular weight is 1180 g/mol. The monoisotopic (exact) mass is 1180 g/mol. The minimum absolute atomic E-state index is 0.0158. The number of amides is 8. The molecule has 4 aromatic carbocycles. The lowest BCUT2D eigenvalue weighted by Gasteiger charge is -2.40. The number of rotatable bonds is 15. The number of ether oxygens (including phenoxy) is 3. The highest BCUT2D eigenvalue weighted by molar-refractivity contribution is 6.05. The van der Waals surface area contributed by atoms with E-state index in [1.807, 2.05) is 24.0 Å². The minimum atomic E-state index is -1.50. The average Bonchev–Trinajstić information content (AvgIpc) is 1.69. The normalized spacial score (nSPS) is 19.7. The number of nitrogens with one attached hydrogen (secondary N) is 4. The number of piperazine rings is 1. The first-order valence-corrected chi connectivity index (χ1v) is 28.5. The molecule has 23 heteroatoms. The van der Waals surface area contributed by atoms with Crippen LogP contribution in [-0.4, -0.2) is 156 Å². The maximum Gasteiger partial charge on any atom is 0.410 e. The fourth-order valence-electron chi connectivity index (χ4n) is 11.1. The van der Waals surface area contributed by atoms with Gasteiger partial charge >= 0.3 is 12.2 Å². The Labute approximate surface area is 493 Å². The fraction of sp³-hybridized carbons (Fsp3) is 0.484. The molecule has 5 atom stereocenters. The first-order valence-electron chi connectivity index (χ1n) is 28.5. The highest BCUT2D eigenvalue weighted by atomic mass is 19.1. The summed E-state index contributed by atoms with van der Waals surface area (Å²) in [5, 5.41) is 10.7. The second kappa shape index (κ2) is 25.7. The van der Waals surface area contributed by atoms with Crippen LogP contribution in [0.25, 0.3) is 0 Å². The smallest absolute Gasteiger partial charge is 0.410 e. The summed E-state index contributed by atoms with van der Waals surface area (Å²) in [7, 11) is 1.39. The minimum Gasteiger partial charge on any atom is -0.444 e. The molecule has 2 fully saturated rings. The standard InChI is InChI=1S/C62H76F3N9O11/c1-36-32-71(24-25-72(36)59(82)85-61(6,7)8)34-50(76)74-35-62(9,45-21-16-39(29-48(45)74)28-38-14-17-42(63)18-15-38)57(80)66-31-49(75)67-43-19-20-44-41(30-43)33-73(53(44)55(78)69-52-46(64)12-11-13-47(52)65)56(79)51(40-22-26-83-27-23-40)68-54(77)37(2)70(10)58(81)84-60(3,4)5/h11-21,29-30,36-37,40,51,53H,22-28,31-35H2,1-10H3,(H,66,80)(H,67,75)(H,68,77)(H,69,78)/t36?,37-,51?,53?,62+/m0/s1. The zero-order valence-electron chi connectivity index (χ0n) is 49.7. The van der Waals surface area contributed by atoms with Crippen LogP contribution in [0, 0.1) is 23.4 Å². The Balaban J connectivity index is 0.996. The van der Waals surface area contributed by atoms with Gasteiger partial charge < -0.3 is 50.2 Å². The summed E-state index contributed by atoms with van der Waals surface area (Å²) in [5.74, 6) is -6.85. The Hall–Kier alpha value is -8.05. The molecule has 4 N–H and O–H groups in total. The molecule has 0 spiro atoms. The number of para-hydroxylation sites is 1. The van der Waals surface area contributed by atoms with Gasteiger partial charge in [0, 0.05) is 70.4 Å². The van der Waals surface area contributed by atoms with Gasteiger partial charge in [-0.15, -0.1) is 0 Å². The van der Waals surface area contributed by atoms with Gasteiger partial charge in [-0.3, -0.25) is 38.6 Å². The molecule has 20 nitrogen and oxygen atoms in total. The van der Waals surface area contributed by atoms with Crippen molar-refractivity contribution in [1.82, 2.24) is 30.2 Å². The van der Waals surface area contributed by atoms with Crippen LogP contribution < -0.4 is 26.2 Å². The molecule has 4 aliphatic rings. The van der Waals surface area contributed by atoms with Crippen molar-refractivity contribution in [3.63, 3.8) is 0 Å². The van der Waals surface area contributed by atoms with Crippen molar-refractivity contribution in [1.29, 1.82) is 0 Å². The fourth-order valence-corrected chi connectivity index (χ4v) is 11.1. The van der Waals surface area contributed by atoms with E-state index in [0.29, 0.717) is 55.7 Å². The van der Waals surface area contributed by atoms with Crippen molar-refractivity contribution in [3.05, 3.63) is 124 Å². The number of hydrogen-bond donors (Lipinski definition) is 4. The summed E-state index contributed by atoms with van der Waals surface area (Å²) in [4.78, 5) is 120. The second-order valence-electron chi connectivity index (χ2n) is 24.5. The van der Waals surface area contributed by atoms with Crippen molar-refractivity contribution < 1.29 is 65.7 Å². The first-order chi connectivity index (χ1) is 40.0. The molecule has 8 rings (SSSR count). The number of anilines is 3. The van der Waals surface area contributed by atoms with Crippen LogP contribution in [0.5, 0.6) is 0 Å². The second-order valence-corrected chi connectivity index (χ2v) is 24.5. The molecular formula is C62H76F3N9O11. The summed E-state index contributed by atoms with van der Waals surface area (Å²) in [6.07, 6.45) is -0.116. The van der Waals surface area contributed by atoms with Crippen molar-refractivity contribution in [2.24, 2.45) is 5.92 Å². The number of carbonyl (C=O) groups is 8. The van der Waals surface area contributed by atoms with Crippen LogP contribution in [0.2, 0.25) is 0 Å². The van der Waals surface area contributed by atoms with Crippen LogP contribution in [0.3, 0.4) is 0 Å². The van der Waals surface area contributed by atoms with Crippen LogP contribution in [0.1, 0.15) is 109 Å². The first kappa shape index (κ1) is 63.0. The molecule has 4 heterocycles. The Morgan fingerprint density at radius 1 is 0.812 bits per heavy atom. The molecule has 2 saturated heterocycles. The van der Waals surface area contributed by atoms with Gasteiger partial charge in [-0.05, 0) is 158 Å². The van der Waals surface area contributed by atoms with Gasteiger partial charge in [0.1, 0.15) is 52.5 Å². The molecule has 0 saturated carbocycles. The van der Waals surface area contributed by atoms with E-state index in [1.54, 1.807) is 76.5 Å². The van der Waals surface area contributed by atoms with Crippen LogP contribution in [0.4, 0.5) is 39.8 Å². The number of halogens is 3. The van der Waals surface area contributed by atoms with Crippen molar-refractivity contribution in [2.75, 3.05) is 75.1 Å². The molecule has 456 valence electrons. The Morgan fingerprint density at radius 3 is 2.12 bits per heavy atom. The van der Waals surface area contributed by atoms with Crippen molar-refractivity contribution in [2.45, 2.75) is 129 Å². The summed E-state index contributed by atoms with van der Waals surface area (Å²) in [6.45, 7) is 16.3. The molecule has 3 unspecified atom stereocenters. The lowest BCUT2D eigenvalue weighted by Crippen LogP contribution is -2.57. The van der Waals surface area contributed by atoms with E-state index in [0.717, 1.165) is 34.2 Å². The topological polar surface area (TPSA) is 229 Å². The predicted octanol–water partition coefficient (Wildman–Crippen LogP) is 7.18. The molecular weight excluding hydrogens is 1100 g/mol. The van der Waals surface area contributed by atoms with E-state index in [4.69, 9.17) is 14.2 Å². The van der Waals surface area contributed by atoms with Gasteiger partial charge in [-0.2, -0.15) is 0 Å². The molecule has 4 aliphatic heterocycles. The summed E-state index contributed by atoms with van der Waals surface area (Å²) in [6, 6.07) is 15.0. The van der Waals surface area contributed by atoms with Gasteiger partial charge in [0.2, 0.25) is 29.5 Å². The quantitative estimate of drug-likeness (QED) is 0.0928. The Morgan fingerprint density at radius 2 is 1.47 bits per heavy atom. The molecule has 0 aromatic heterocycles. The number of benzene rings is 4. The third kappa shape index (κ3) is 14.9. The predicted molar refractivity (Wildman–Crippen MR) is 309 cm³/mol. The van der Waals surface area contributed by atoms with Crippen LogP contribution in [-0.2, 0) is 61.4 Å². The highest BCUT2D eigenvalue weighted by Gasteiger charge is 2.48. The molecule has 0 aliphatic carbocycles. The van der Waals surface area contributed by atoms with E-state index in [-0.39, 0.29) is 61.9 Å². The SMILES string of the molecule is CC1CN(CC(=O)N2C[C@@](C)(C(=O)NCC(=O)Nc3ccc4c(c3)CN(C(=O)C(NC(=O)[C@H](C)N(C)C(=O)OC(C)(C)C)C3CCOCC3)C4C(=O)Nc3c(F)cccc3F)c3ccc(Cc4ccc(F)cc4)cc32)CCN1C(=O)OC(C)(C)C. The summed E-state index contributed by atoms with van der Waals surface area (Å²) in [5.41, 5.74) is -0.110. The van der Waals surface area contributed by atoms with Gasteiger partial charge in [0.05, 0.1) is 18.5 Å². The van der Waals surface area contributed by atoms with E-state index in [1.165, 1.54) is 49.2 Å². The lowest BCUT2D eigenvalue weighted by atomic mass is 9.83. The largest absolute Gasteiger partial charge is 0.444 e. The maximum atomic E-state index is 15.1. The van der Waals surface area contributed by atoms with E-state index >= 15 is 13.6 Å².